The molecule has 0 bridgehead atoms. The maximum Gasteiger partial charge on any atom is 0.418 e. The van der Waals surface area contributed by atoms with E-state index in [0.29, 0.717) is 17.9 Å². The van der Waals surface area contributed by atoms with Gasteiger partial charge in [0.05, 0.1) is 6.61 Å². The van der Waals surface area contributed by atoms with Crippen LogP contribution in [0.2, 0.25) is 0 Å². The molecule has 2 N–H and O–H groups in total. The zero-order chi connectivity index (χ0) is 18.6. The Hall–Kier alpha value is -2.82. The molecule has 2 aromatic carbocycles. The summed E-state index contributed by atoms with van der Waals surface area (Å²) < 4.78 is 10.9. The Morgan fingerprint density at radius 1 is 0.923 bits per heavy atom. The quantitative estimate of drug-likeness (QED) is 0.372. The highest BCUT2D eigenvalue weighted by molar-refractivity contribution is 6.04. The number of carbonyl (C=O) groups excluding carboxylic acids is 1. The first-order valence-electron chi connectivity index (χ1n) is 9.04. The molecule has 2 rings (SSSR count). The van der Waals surface area contributed by atoms with Gasteiger partial charge in [0.2, 0.25) is 0 Å². The van der Waals surface area contributed by atoms with Crippen LogP contribution < -0.4 is 14.8 Å². The molecular formula is C21H26N2O3. The summed E-state index contributed by atoms with van der Waals surface area (Å²) in [5, 5.41) is 10.3. The Kier molecular flexibility index (Phi) is 8.19. The van der Waals surface area contributed by atoms with Crippen molar-refractivity contribution >= 4 is 11.9 Å². The topological polar surface area (TPSA) is 71.4 Å². The summed E-state index contributed by atoms with van der Waals surface area (Å²) in [5.74, 6) is 1.16. The van der Waals surface area contributed by atoms with Crippen LogP contribution in [0.4, 0.5) is 4.79 Å². The summed E-state index contributed by atoms with van der Waals surface area (Å²) in [6.07, 6.45) is 5.30. The van der Waals surface area contributed by atoms with Gasteiger partial charge in [0.1, 0.15) is 17.3 Å². The summed E-state index contributed by atoms with van der Waals surface area (Å²) >= 11 is 0. The first-order valence-corrected chi connectivity index (χ1v) is 9.04. The van der Waals surface area contributed by atoms with Crippen molar-refractivity contribution in [3.63, 3.8) is 0 Å². The highest BCUT2D eigenvalue weighted by Crippen LogP contribution is 2.18. The fourth-order valence-electron chi connectivity index (χ4n) is 2.41. The van der Waals surface area contributed by atoms with Crippen molar-refractivity contribution < 1.29 is 14.3 Å². The molecule has 5 nitrogen and oxygen atoms in total. The van der Waals surface area contributed by atoms with Gasteiger partial charge in [-0.3, -0.25) is 10.7 Å². The molecule has 0 atom stereocenters. The van der Waals surface area contributed by atoms with Gasteiger partial charge in [0.15, 0.2) is 0 Å². The average Bonchev–Trinajstić information content (AvgIpc) is 2.66. The number of ether oxygens (including phenoxy) is 2. The van der Waals surface area contributed by atoms with Crippen LogP contribution in [0.5, 0.6) is 11.5 Å². The van der Waals surface area contributed by atoms with E-state index in [2.05, 4.69) is 12.2 Å². The molecule has 0 aliphatic rings. The Labute approximate surface area is 154 Å². The number of unbranched alkanes of at least 4 members (excludes halogenated alkanes) is 4. The molecule has 0 fully saturated rings. The van der Waals surface area contributed by atoms with Crippen LogP contribution in [0, 0.1) is 5.41 Å². The van der Waals surface area contributed by atoms with E-state index in [1.807, 2.05) is 6.07 Å². The number of amidine groups is 1. The monoisotopic (exact) mass is 354 g/mol. The van der Waals surface area contributed by atoms with Gasteiger partial charge in [-0.25, -0.2) is 4.79 Å². The molecule has 5 heteroatoms. The number of benzene rings is 2. The molecule has 0 aromatic heterocycles. The van der Waals surface area contributed by atoms with Crippen molar-refractivity contribution in [3.8, 4) is 11.5 Å². The second-order valence-electron chi connectivity index (χ2n) is 5.99. The highest BCUT2D eigenvalue weighted by atomic mass is 16.6. The van der Waals surface area contributed by atoms with Crippen molar-refractivity contribution in [2.24, 2.45) is 0 Å². The van der Waals surface area contributed by atoms with Crippen molar-refractivity contribution in [1.82, 2.24) is 5.32 Å². The molecule has 0 aliphatic heterocycles. The lowest BCUT2D eigenvalue weighted by Crippen LogP contribution is -2.32. The van der Waals surface area contributed by atoms with Crippen LogP contribution in [0.15, 0.2) is 54.6 Å². The average molecular weight is 354 g/mol. The molecule has 2 aromatic rings. The van der Waals surface area contributed by atoms with E-state index in [-0.39, 0.29) is 5.84 Å². The lowest BCUT2D eigenvalue weighted by molar-refractivity contribution is 0.206. The van der Waals surface area contributed by atoms with E-state index in [4.69, 9.17) is 14.9 Å². The lowest BCUT2D eigenvalue weighted by Gasteiger charge is -2.09. The van der Waals surface area contributed by atoms with Crippen LogP contribution in [0.25, 0.3) is 0 Å². The fourth-order valence-corrected chi connectivity index (χ4v) is 2.41. The Morgan fingerprint density at radius 3 is 2.27 bits per heavy atom. The number of amides is 1. The molecule has 26 heavy (non-hydrogen) atoms. The van der Waals surface area contributed by atoms with E-state index in [0.717, 1.165) is 12.2 Å². The number of carbonyl (C=O) groups is 1. The SMILES string of the molecule is CCCCCCCOc1ccc(OC(=O)NC(=N)c2ccccc2)cc1. The summed E-state index contributed by atoms with van der Waals surface area (Å²) in [4.78, 5) is 11.9. The van der Waals surface area contributed by atoms with Gasteiger partial charge < -0.3 is 9.47 Å². The minimum absolute atomic E-state index is 0.00127. The smallest absolute Gasteiger partial charge is 0.418 e. The minimum atomic E-state index is -0.691. The fraction of sp³-hybridized carbons (Fsp3) is 0.333. The van der Waals surface area contributed by atoms with Crippen molar-refractivity contribution in [1.29, 1.82) is 5.41 Å². The van der Waals surface area contributed by atoms with E-state index in [9.17, 15) is 4.79 Å². The molecule has 0 heterocycles. The third kappa shape index (κ3) is 6.97. The van der Waals surface area contributed by atoms with E-state index < -0.39 is 6.09 Å². The van der Waals surface area contributed by atoms with Crippen LogP contribution in [-0.4, -0.2) is 18.5 Å². The van der Waals surface area contributed by atoms with Gasteiger partial charge in [-0.15, -0.1) is 0 Å². The largest absolute Gasteiger partial charge is 0.494 e. The second-order valence-corrected chi connectivity index (χ2v) is 5.99. The van der Waals surface area contributed by atoms with E-state index in [1.54, 1.807) is 48.5 Å². The molecule has 0 saturated carbocycles. The second kappa shape index (κ2) is 10.9. The first kappa shape index (κ1) is 19.5. The maximum atomic E-state index is 11.9. The van der Waals surface area contributed by atoms with E-state index >= 15 is 0 Å². The van der Waals surface area contributed by atoms with Crippen LogP contribution in [-0.2, 0) is 0 Å². The number of nitrogens with one attached hydrogen (secondary N) is 2. The molecule has 0 spiro atoms. The standard InChI is InChI=1S/C21H26N2O3/c1-2-3-4-5-9-16-25-18-12-14-19(15-13-18)26-21(24)23-20(22)17-10-7-6-8-11-17/h6-8,10-15H,2-5,9,16H2,1H3,(H2,22,23,24). The predicted molar refractivity (Wildman–Crippen MR) is 103 cm³/mol. The summed E-state index contributed by atoms with van der Waals surface area (Å²) in [7, 11) is 0. The molecular weight excluding hydrogens is 328 g/mol. The molecule has 1 amide bonds. The highest BCUT2D eigenvalue weighted by Gasteiger charge is 2.08. The van der Waals surface area contributed by atoms with Crippen molar-refractivity contribution in [3.05, 3.63) is 60.2 Å². The molecule has 0 saturated heterocycles. The Morgan fingerprint density at radius 2 is 1.58 bits per heavy atom. The normalized spacial score (nSPS) is 10.2. The number of hydrogen-bond acceptors (Lipinski definition) is 4. The van der Waals surface area contributed by atoms with Crippen molar-refractivity contribution in [2.45, 2.75) is 39.0 Å². The minimum Gasteiger partial charge on any atom is -0.494 e. The molecule has 0 radical (unpaired) electrons. The lowest BCUT2D eigenvalue weighted by atomic mass is 10.2. The third-order valence-corrected chi connectivity index (χ3v) is 3.84. The Bertz CT molecular complexity index is 684. The maximum absolute atomic E-state index is 11.9. The number of rotatable bonds is 9. The summed E-state index contributed by atoms with van der Waals surface area (Å²) in [5.41, 5.74) is 0.618. The van der Waals surface area contributed by atoms with Gasteiger partial charge in [-0.05, 0) is 30.7 Å². The first-order chi connectivity index (χ1) is 12.7. The zero-order valence-electron chi connectivity index (χ0n) is 15.2. The van der Waals surface area contributed by atoms with Gasteiger partial charge in [0, 0.05) is 5.56 Å². The van der Waals surface area contributed by atoms with Gasteiger partial charge in [-0.2, -0.15) is 0 Å². The predicted octanol–water partition coefficient (Wildman–Crippen LogP) is 5.15. The zero-order valence-corrected chi connectivity index (χ0v) is 15.2. The number of hydrogen-bond donors (Lipinski definition) is 2. The molecule has 138 valence electrons. The van der Waals surface area contributed by atoms with Crippen LogP contribution in [0.3, 0.4) is 0 Å². The summed E-state index contributed by atoms with van der Waals surface area (Å²) in [6, 6.07) is 15.9. The van der Waals surface area contributed by atoms with Gasteiger partial charge in [-0.1, -0.05) is 62.9 Å². The third-order valence-electron chi connectivity index (χ3n) is 3.84. The molecule has 0 unspecified atom stereocenters. The van der Waals surface area contributed by atoms with Crippen molar-refractivity contribution in [2.75, 3.05) is 6.61 Å². The van der Waals surface area contributed by atoms with Gasteiger partial charge >= 0.3 is 6.09 Å². The van der Waals surface area contributed by atoms with Crippen LogP contribution >= 0.6 is 0 Å². The van der Waals surface area contributed by atoms with Gasteiger partial charge in [0.25, 0.3) is 0 Å². The van der Waals surface area contributed by atoms with E-state index in [1.165, 1.54) is 25.7 Å². The molecule has 0 aliphatic carbocycles. The summed E-state index contributed by atoms with van der Waals surface area (Å²) in [6.45, 7) is 2.89. The Balaban J connectivity index is 1.72. The van der Waals surface area contributed by atoms with Crippen LogP contribution in [0.1, 0.15) is 44.6 Å².